The van der Waals surface area contributed by atoms with Crippen molar-refractivity contribution >= 4 is 15.9 Å². The molecule has 1 unspecified atom stereocenters. The molecule has 1 atom stereocenters. The number of hydrogen-bond acceptors (Lipinski definition) is 3. The van der Waals surface area contributed by atoms with Gasteiger partial charge < -0.3 is 4.74 Å². The van der Waals surface area contributed by atoms with Gasteiger partial charge in [-0.25, -0.2) is 9.82 Å². The average Bonchev–Trinajstić information content (AvgIpc) is 2.42. The van der Waals surface area contributed by atoms with Crippen LogP contribution >= 0.6 is 15.9 Å². The number of rotatable bonds is 4. The van der Waals surface area contributed by atoms with Crippen LogP contribution in [0.4, 0.5) is 4.39 Å². The van der Waals surface area contributed by atoms with Crippen LogP contribution in [0.2, 0.25) is 0 Å². The van der Waals surface area contributed by atoms with Crippen molar-refractivity contribution < 1.29 is 9.13 Å². The third-order valence-electron chi connectivity index (χ3n) is 2.89. The zero-order chi connectivity index (χ0) is 13.8. The van der Waals surface area contributed by atoms with E-state index in [2.05, 4.69) is 21.4 Å². The van der Waals surface area contributed by atoms with Crippen LogP contribution in [0, 0.1) is 5.82 Å². The lowest BCUT2D eigenvalue weighted by atomic mass is 9.98. The molecule has 0 fully saturated rings. The Morgan fingerprint density at radius 2 is 1.95 bits per heavy atom. The maximum Gasteiger partial charge on any atom is 0.124 e. The predicted octanol–water partition coefficient (Wildman–Crippen LogP) is 3.15. The van der Waals surface area contributed by atoms with Crippen molar-refractivity contribution in [1.29, 1.82) is 0 Å². The smallest absolute Gasteiger partial charge is 0.124 e. The number of ether oxygens (including phenoxy) is 1. The molecular formula is C14H14BrFN2O. The molecule has 0 saturated carbocycles. The second kappa shape index (κ2) is 6.14. The molecule has 5 heteroatoms. The van der Waals surface area contributed by atoms with Crippen LogP contribution in [-0.2, 0) is 0 Å². The largest absolute Gasteiger partial charge is 0.496 e. The number of methoxy groups -OCH3 is 1. The van der Waals surface area contributed by atoms with E-state index in [0.717, 1.165) is 16.9 Å². The lowest BCUT2D eigenvalue weighted by Gasteiger charge is -2.20. The van der Waals surface area contributed by atoms with Gasteiger partial charge in [-0.2, -0.15) is 0 Å². The number of hydrazine groups is 1. The summed E-state index contributed by atoms with van der Waals surface area (Å²) in [5, 5.41) is 0. The van der Waals surface area contributed by atoms with Gasteiger partial charge in [-0.1, -0.05) is 40.2 Å². The summed E-state index contributed by atoms with van der Waals surface area (Å²) in [5.41, 5.74) is 4.47. The summed E-state index contributed by atoms with van der Waals surface area (Å²) in [5.74, 6) is 6.07. The monoisotopic (exact) mass is 324 g/mol. The van der Waals surface area contributed by atoms with Crippen molar-refractivity contribution in [1.82, 2.24) is 5.43 Å². The lowest BCUT2D eigenvalue weighted by Crippen LogP contribution is -2.29. The maximum atomic E-state index is 13.2. The first-order chi connectivity index (χ1) is 9.17. The van der Waals surface area contributed by atoms with Crippen LogP contribution < -0.4 is 16.0 Å². The van der Waals surface area contributed by atoms with Gasteiger partial charge in [-0.3, -0.25) is 5.84 Å². The van der Waals surface area contributed by atoms with Crippen LogP contribution in [0.5, 0.6) is 5.75 Å². The Morgan fingerprint density at radius 3 is 2.58 bits per heavy atom. The molecule has 2 aromatic carbocycles. The van der Waals surface area contributed by atoms with Gasteiger partial charge in [0, 0.05) is 10.0 Å². The van der Waals surface area contributed by atoms with E-state index in [1.165, 1.54) is 12.1 Å². The molecule has 19 heavy (non-hydrogen) atoms. The zero-order valence-electron chi connectivity index (χ0n) is 10.4. The van der Waals surface area contributed by atoms with Crippen molar-refractivity contribution in [3.63, 3.8) is 0 Å². The fourth-order valence-corrected chi connectivity index (χ4v) is 2.57. The van der Waals surface area contributed by atoms with Crippen molar-refractivity contribution in [3.05, 3.63) is 63.9 Å². The number of hydrogen-bond donors (Lipinski definition) is 2. The van der Waals surface area contributed by atoms with Gasteiger partial charge in [-0.15, -0.1) is 0 Å². The Balaban J connectivity index is 2.50. The third-order valence-corrected chi connectivity index (χ3v) is 3.58. The fourth-order valence-electron chi connectivity index (χ4n) is 1.99. The molecule has 0 saturated heterocycles. The van der Waals surface area contributed by atoms with E-state index < -0.39 is 0 Å². The predicted molar refractivity (Wildman–Crippen MR) is 76.3 cm³/mol. The molecule has 0 amide bonds. The first-order valence-electron chi connectivity index (χ1n) is 5.71. The summed E-state index contributed by atoms with van der Waals surface area (Å²) in [6.45, 7) is 0. The van der Waals surface area contributed by atoms with Crippen molar-refractivity contribution in [3.8, 4) is 5.75 Å². The van der Waals surface area contributed by atoms with E-state index in [0.29, 0.717) is 4.47 Å². The van der Waals surface area contributed by atoms with Gasteiger partial charge in [0.05, 0.1) is 13.2 Å². The highest BCUT2D eigenvalue weighted by Gasteiger charge is 2.19. The van der Waals surface area contributed by atoms with Crippen molar-refractivity contribution in [2.24, 2.45) is 5.84 Å². The van der Waals surface area contributed by atoms with Crippen molar-refractivity contribution in [2.45, 2.75) is 6.04 Å². The van der Waals surface area contributed by atoms with Gasteiger partial charge in [0.25, 0.3) is 0 Å². The van der Waals surface area contributed by atoms with Gasteiger partial charge >= 0.3 is 0 Å². The number of nitrogens with one attached hydrogen (secondary N) is 1. The second-order valence-corrected chi connectivity index (χ2v) is 4.86. The average molecular weight is 325 g/mol. The summed E-state index contributed by atoms with van der Waals surface area (Å²) in [7, 11) is 1.60. The van der Waals surface area contributed by atoms with Crippen molar-refractivity contribution in [2.75, 3.05) is 7.11 Å². The van der Waals surface area contributed by atoms with E-state index in [9.17, 15) is 4.39 Å². The summed E-state index contributed by atoms with van der Waals surface area (Å²) >= 11 is 3.36. The van der Waals surface area contributed by atoms with E-state index in [4.69, 9.17) is 10.6 Å². The molecule has 2 aromatic rings. The standard InChI is InChI=1S/C14H14BrFN2O/c1-19-13-5-3-2-4-11(13)14(18-17)10-7-6-9(16)8-12(10)15/h2-8,14,18H,17H2,1H3. The molecule has 100 valence electrons. The molecule has 0 aliphatic carbocycles. The van der Waals surface area contributed by atoms with Crippen LogP contribution in [0.1, 0.15) is 17.2 Å². The Hall–Kier alpha value is -1.43. The van der Waals surface area contributed by atoms with Gasteiger partial charge in [0.15, 0.2) is 0 Å². The molecular weight excluding hydrogens is 311 g/mol. The lowest BCUT2D eigenvalue weighted by molar-refractivity contribution is 0.404. The minimum atomic E-state index is -0.300. The van der Waals surface area contributed by atoms with Crippen LogP contribution in [0.25, 0.3) is 0 Å². The molecule has 0 radical (unpaired) electrons. The van der Waals surface area contributed by atoms with Gasteiger partial charge in [-0.05, 0) is 23.8 Å². The van der Waals surface area contributed by atoms with E-state index in [1.807, 2.05) is 24.3 Å². The molecule has 0 bridgehead atoms. The quantitative estimate of drug-likeness (QED) is 0.671. The van der Waals surface area contributed by atoms with Gasteiger partial charge in [0.2, 0.25) is 0 Å². The van der Waals surface area contributed by atoms with E-state index >= 15 is 0 Å². The Kier molecular flexibility index (Phi) is 4.52. The Morgan fingerprint density at radius 1 is 1.21 bits per heavy atom. The minimum Gasteiger partial charge on any atom is -0.496 e. The highest BCUT2D eigenvalue weighted by atomic mass is 79.9. The summed E-state index contributed by atoms with van der Waals surface area (Å²) in [6.07, 6.45) is 0. The zero-order valence-corrected chi connectivity index (χ0v) is 11.9. The highest BCUT2D eigenvalue weighted by Crippen LogP contribution is 2.33. The molecule has 2 rings (SSSR count). The molecule has 3 nitrogen and oxygen atoms in total. The van der Waals surface area contributed by atoms with E-state index in [1.54, 1.807) is 13.2 Å². The first-order valence-corrected chi connectivity index (χ1v) is 6.50. The molecule has 3 N–H and O–H groups in total. The molecule has 0 heterocycles. The Bertz CT molecular complexity index is 577. The SMILES string of the molecule is COc1ccccc1C(NN)c1ccc(F)cc1Br. The number of halogens is 2. The first kappa shape index (κ1) is 14.0. The molecule has 0 aliphatic heterocycles. The summed E-state index contributed by atoms with van der Waals surface area (Å²) in [4.78, 5) is 0. The number of nitrogens with two attached hydrogens (primary N) is 1. The fraction of sp³-hybridized carbons (Fsp3) is 0.143. The normalized spacial score (nSPS) is 12.2. The van der Waals surface area contributed by atoms with Crippen LogP contribution in [-0.4, -0.2) is 7.11 Å². The topological polar surface area (TPSA) is 47.3 Å². The maximum absolute atomic E-state index is 13.2. The van der Waals surface area contributed by atoms with E-state index in [-0.39, 0.29) is 11.9 Å². The minimum absolute atomic E-state index is 0.286. The molecule has 0 spiro atoms. The third kappa shape index (κ3) is 2.94. The summed E-state index contributed by atoms with van der Waals surface area (Å²) < 4.78 is 19.1. The second-order valence-electron chi connectivity index (χ2n) is 4.01. The molecule has 0 aromatic heterocycles. The Labute approximate surface area is 119 Å². The molecule has 0 aliphatic rings. The van der Waals surface area contributed by atoms with Crippen LogP contribution in [0.3, 0.4) is 0 Å². The summed E-state index contributed by atoms with van der Waals surface area (Å²) in [6, 6.07) is 11.8. The number of benzene rings is 2. The van der Waals surface area contributed by atoms with Crippen LogP contribution in [0.15, 0.2) is 46.9 Å². The number of para-hydroxylation sites is 1. The highest BCUT2D eigenvalue weighted by molar-refractivity contribution is 9.10. The van der Waals surface area contributed by atoms with Gasteiger partial charge in [0.1, 0.15) is 11.6 Å².